The summed E-state index contributed by atoms with van der Waals surface area (Å²) >= 11 is 0. The van der Waals surface area contributed by atoms with Gasteiger partial charge in [0.05, 0.1) is 6.10 Å². The molecule has 25 heavy (non-hydrogen) atoms. The molecule has 1 unspecified atom stereocenters. The van der Waals surface area contributed by atoms with Gasteiger partial charge in [-0.15, -0.1) is 0 Å². The molecule has 0 heterocycles. The summed E-state index contributed by atoms with van der Waals surface area (Å²) in [5.41, 5.74) is 23.4. The molecule has 3 aromatic rings. The molecular formula is C21H23N3O. The number of hydrogen-bond donors (Lipinski definition) is 4. The number of aryl methyl sites for hydroxylation is 1. The van der Waals surface area contributed by atoms with Crippen LogP contribution >= 0.6 is 0 Å². The zero-order chi connectivity index (χ0) is 18.0. The molecule has 0 aliphatic rings. The third kappa shape index (κ3) is 3.59. The Morgan fingerprint density at radius 2 is 1.12 bits per heavy atom. The first kappa shape index (κ1) is 16.9. The summed E-state index contributed by atoms with van der Waals surface area (Å²) in [7, 11) is 0. The molecule has 0 saturated heterocycles. The van der Waals surface area contributed by atoms with Crippen LogP contribution in [0, 0.1) is 6.92 Å². The van der Waals surface area contributed by atoms with Gasteiger partial charge in [-0.2, -0.15) is 0 Å². The normalized spacial score (nSPS) is 12.3. The van der Waals surface area contributed by atoms with E-state index in [2.05, 4.69) is 0 Å². The highest BCUT2D eigenvalue weighted by molar-refractivity contribution is 5.49. The molecule has 0 aromatic heterocycles. The monoisotopic (exact) mass is 333 g/mol. The third-order valence-corrected chi connectivity index (χ3v) is 4.52. The highest BCUT2D eigenvalue weighted by Gasteiger charge is 2.26. The fraction of sp³-hybridized carbons (Fsp3) is 0.143. The van der Waals surface area contributed by atoms with Crippen LogP contribution in [0.4, 0.5) is 17.1 Å². The molecule has 0 radical (unpaired) electrons. The molecular weight excluding hydrogens is 310 g/mol. The topological polar surface area (TPSA) is 98.3 Å². The molecule has 0 bridgehead atoms. The first-order valence-corrected chi connectivity index (χ1v) is 8.20. The second kappa shape index (κ2) is 6.87. The maximum atomic E-state index is 11.2. The number of aliphatic hydroxyl groups excluding tert-OH is 1. The van der Waals surface area contributed by atoms with E-state index in [9.17, 15) is 5.11 Å². The molecule has 7 N–H and O–H groups in total. The van der Waals surface area contributed by atoms with Crippen molar-refractivity contribution in [3.63, 3.8) is 0 Å². The SMILES string of the molecule is Cc1cc(N)ccc1C(O)C(c1ccc(N)cc1)c1ccc(N)cc1. The van der Waals surface area contributed by atoms with E-state index in [0.29, 0.717) is 17.1 Å². The summed E-state index contributed by atoms with van der Waals surface area (Å²) in [6.45, 7) is 1.96. The van der Waals surface area contributed by atoms with Crippen molar-refractivity contribution >= 4 is 17.1 Å². The van der Waals surface area contributed by atoms with Gasteiger partial charge in [0.2, 0.25) is 0 Å². The number of benzene rings is 3. The Hall–Kier alpha value is -2.98. The molecule has 0 aliphatic carbocycles. The van der Waals surface area contributed by atoms with Crippen molar-refractivity contribution < 1.29 is 5.11 Å². The van der Waals surface area contributed by atoms with Crippen LogP contribution in [0.5, 0.6) is 0 Å². The third-order valence-electron chi connectivity index (χ3n) is 4.52. The van der Waals surface area contributed by atoms with Crippen LogP contribution in [0.3, 0.4) is 0 Å². The van der Waals surface area contributed by atoms with Crippen LogP contribution in [0.1, 0.15) is 34.3 Å². The lowest BCUT2D eigenvalue weighted by Crippen LogP contribution is -2.14. The molecule has 0 saturated carbocycles. The first-order valence-electron chi connectivity index (χ1n) is 8.20. The van der Waals surface area contributed by atoms with Crippen molar-refractivity contribution in [3.8, 4) is 0 Å². The number of hydrogen-bond acceptors (Lipinski definition) is 4. The van der Waals surface area contributed by atoms with Crippen molar-refractivity contribution in [3.05, 3.63) is 89.0 Å². The predicted molar refractivity (Wildman–Crippen MR) is 104 cm³/mol. The first-order chi connectivity index (χ1) is 12.0. The van der Waals surface area contributed by atoms with E-state index < -0.39 is 6.10 Å². The van der Waals surface area contributed by atoms with Gasteiger partial charge in [0.1, 0.15) is 0 Å². The van der Waals surface area contributed by atoms with Crippen LogP contribution in [-0.2, 0) is 0 Å². The summed E-state index contributed by atoms with van der Waals surface area (Å²) in [6, 6.07) is 20.8. The predicted octanol–water partition coefficient (Wildman–Crippen LogP) is 3.61. The van der Waals surface area contributed by atoms with E-state index in [4.69, 9.17) is 17.2 Å². The van der Waals surface area contributed by atoms with Crippen molar-refractivity contribution in [1.82, 2.24) is 0 Å². The zero-order valence-electron chi connectivity index (χ0n) is 14.2. The Morgan fingerprint density at radius 3 is 1.56 bits per heavy atom. The minimum Gasteiger partial charge on any atom is -0.399 e. The van der Waals surface area contributed by atoms with E-state index in [1.54, 1.807) is 0 Å². The van der Waals surface area contributed by atoms with Gasteiger partial charge in [0, 0.05) is 23.0 Å². The Labute approximate surface area is 147 Å². The van der Waals surface area contributed by atoms with Crippen LogP contribution in [0.2, 0.25) is 0 Å². The lowest BCUT2D eigenvalue weighted by molar-refractivity contribution is 0.158. The largest absolute Gasteiger partial charge is 0.399 e. The summed E-state index contributed by atoms with van der Waals surface area (Å²) < 4.78 is 0. The highest BCUT2D eigenvalue weighted by atomic mass is 16.3. The molecule has 3 aromatic carbocycles. The fourth-order valence-corrected chi connectivity index (χ4v) is 3.17. The lowest BCUT2D eigenvalue weighted by Gasteiger charge is -2.26. The number of nitrogens with two attached hydrogens (primary N) is 3. The van der Waals surface area contributed by atoms with E-state index in [-0.39, 0.29) is 5.92 Å². The van der Waals surface area contributed by atoms with Crippen LogP contribution in [-0.4, -0.2) is 5.11 Å². The quantitative estimate of drug-likeness (QED) is 0.548. The van der Waals surface area contributed by atoms with Crippen LogP contribution < -0.4 is 17.2 Å². The van der Waals surface area contributed by atoms with E-state index in [1.807, 2.05) is 73.7 Å². The smallest absolute Gasteiger partial charge is 0.0901 e. The Bertz CT molecular complexity index is 812. The molecule has 128 valence electrons. The Morgan fingerprint density at radius 1 is 0.680 bits per heavy atom. The maximum Gasteiger partial charge on any atom is 0.0901 e. The van der Waals surface area contributed by atoms with Gasteiger partial charge in [-0.1, -0.05) is 30.3 Å². The van der Waals surface area contributed by atoms with Gasteiger partial charge in [0.15, 0.2) is 0 Å². The van der Waals surface area contributed by atoms with Crippen LogP contribution in [0.15, 0.2) is 66.7 Å². The summed E-state index contributed by atoms with van der Waals surface area (Å²) in [5.74, 6) is -0.233. The summed E-state index contributed by atoms with van der Waals surface area (Å²) in [6.07, 6.45) is -0.715. The second-order valence-electron chi connectivity index (χ2n) is 6.37. The molecule has 0 amide bonds. The molecule has 4 heteroatoms. The molecule has 0 spiro atoms. The number of anilines is 3. The van der Waals surface area contributed by atoms with Gasteiger partial charge >= 0.3 is 0 Å². The minimum atomic E-state index is -0.715. The fourth-order valence-electron chi connectivity index (χ4n) is 3.17. The summed E-state index contributed by atoms with van der Waals surface area (Å²) in [4.78, 5) is 0. The summed E-state index contributed by atoms with van der Waals surface area (Å²) in [5, 5.41) is 11.2. The minimum absolute atomic E-state index is 0.233. The van der Waals surface area contributed by atoms with Gasteiger partial charge in [-0.25, -0.2) is 0 Å². The van der Waals surface area contributed by atoms with Gasteiger partial charge in [-0.05, 0) is 65.6 Å². The Kier molecular flexibility index (Phi) is 4.63. The van der Waals surface area contributed by atoms with Crippen molar-refractivity contribution in [2.45, 2.75) is 18.9 Å². The second-order valence-corrected chi connectivity index (χ2v) is 6.37. The molecule has 4 nitrogen and oxygen atoms in total. The number of nitrogen functional groups attached to an aromatic ring is 3. The van der Waals surface area contributed by atoms with Gasteiger partial charge in [-0.3, -0.25) is 0 Å². The van der Waals surface area contributed by atoms with E-state index in [0.717, 1.165) is 22.3 Å². The van der Waals surface area contributed by atoms with E-state index >= 15 is 0 Å². The van der Waals surface area contributed by atoms with E-state index in [1.165, 1.54) is 0 Å². The molecule has 0 fully saturated rings. The molecule has 1 atom stereocenters. The van der Waals surface area contributed by atoms with Crippen molar-refractivity contribution in [1.29, 1.82) is 0 Å². The van der Waals surface area contributed by atoms with Crippen molar-refractivity contribution in [2.75, 3.05) is 17.2 Å². The average molecular weight is 333 g/mol. The van der Waals surface area contributed by atoms with Crippen molar-refractivity contribution in [2.24, 2.45) is 0 Å². The zero-order valence-corrected chi connectivity index (χ0v) is 14.2. The number of rotatable bonds is 4. The molecule has 0 aliphatic heterocycles. The highest BCUT2D eigenvalue weighted by Crippen LogP contribution is 2.38. The maximum absolute atomic E-state index is 11.2. The standard InChI is InChI=1S/C21H23N3O/c1-13-12-18(24)10-11-19(13)21(25)20(14-2-6-16(22)7-3-14)15-4-8-17(23)9-5-15/h2-12,20-21,25H,22-24H2,1H3. The van der Waals surface area contributed by atoms with Crippen LogP contribution in [0.25, 0.3) is 0 Å². The average Bonchev–Trinajstić information content (AvgIpc) is 2.58. The van der Waals surface area contributed by atoms with Gasteiger partial charge < -0.3 is 22.3 Å². The van der Waals surface area contributed by atoms with Gasteiger partial charge in [0.25, 0.3) is 0 Å². The Balaban J connectivity index is 2.09. The lowest BCUT2D eigenvalue weighted by atomic mass is 9.82. The number of aliphatic hydroxyl groups is 1. The molecule has 3 rings (SSSR count).